The lowest BCUT2D eigenvalue weighted by Gasteiger charge is -2.32. The molecule has 61 heavy (non-hydrogen) atoms. The van der Waals surface area contributed by atoms with E-state index in [1.54, 1.807) is 0 Å². The van der Waals surface area contributed by atoms with Gasteiger partial charge in [-0.15, -0.1) is 11.3 Å². The first kappa shape index (κ1) is 33.3. The van der Waals surface area contributed by atoms with Gasteiger partial charge in [-0.1, -0.05) is 158 Å². The Balaban J connectivity index is 1.05. The molecule has 1 unspecified atom stereocenters. The highest BCUT2D eigenvalue weighted by Gasteiger charge is 2.53. The number of anilines is 3. The van der Waals surface area contributed by atoms with E-state index in [9.17, 15) is 0 Å². The van der Waals surface area contributed by atoms with Crippen LogP contribution in [0.15, 0.2) is 212 Å². The molecule has 2 heteroatoms. The van der Waals surface area contributed by atoms with Gasteiger partial charge >= 0.3 is 0 Å². The van der Waals surface area contributed by atoms with Gasteiger partial charge in [-0.3, -0.25) is 0 Å². The molecule has 1 heterocycles. The summed E-state index contributed by atoms with van der Waals surface area (Å²) in [5.41, 5.74) is 21.4. The van der Waals surface area contributed by atoms with Gasteiger partial charge in [0.05, 0.1) is 5.41 Å². The van der Waals surface area contributed by atoms with Crippen molar-refractivity contribution >= 4 is 59.3 Å². The van der Waals surface area contributed by atoms with Crippen LogP contribution in [0.4, 0.5) is 17.1 Å². The summed E-state index contributed by atoms with van der Waals surface area (Å²) >= 11 is 1.87. The average molecular weight is 790 g/mol. The summed E-state index contributed by atoms with van der Waals surface area (Å²) in [6.07, 6.45) is 0. The monoisotopic (exact) mass is 789 g/mol. The molecule has 0 amide bonds. The van der Waals surface area contributed by atoms with Crippen LogP contribution in [-0.4, -0.2) is 0 Å². The number of hydrogen-bond donors (Lipinski definition) is 0. The molecule has 1 spiro atoms. The number of rotatable bonds is 4. The van der Waals surface area contributed by atoms with Gasteiger partial charge in [-0.05, 0) is 143 Å². The minimum Gasteiger partial charge on any atom is -0.310 e. The maximum Gasteiger partial charge on any atom is 0.0726 e. The fraction of sp³-hybridized carbons (Fsp3) is 0.0169. The van der Waals surface area contributed by atoms with Crippen LogP contribution in [0.1, 0.15) is 22.3 Å². The van der Waals surface area contributed by atoms with Crippen molar-refractivity contribution in [3.05, 3.63) is 235 Å². The summed E-state index contributed by atoms with van der Waals surface area (Å²) in [4.78, 5) is 2.47. The second kappa shape index (κ2) is 12.3. The second-order valence-corrected chi connectivity index (χ2v) is 17.8. The predicted molar refractivity (Wildman–Crippen MR) is 258 cm³/mol. The molecule has 0 N–H and O–H groups in total. The first-order chi connectivity index (χ1) is 30.3. The molecule has 0 bridgehead atoms. The van der Waals surface area contributed by atoms with Crippen LogP contribution in [0.25, 0.3) is 86.6 Å². The van der Waals surface area contributed by atoms with Gasteiger partial charge in [0.15, 0.2) is 0 Å². The largest absolute Gasteiger partial charge is 0.310 e. The maximum absolute atomic E-state index is 2.57. The lowest BCUT2D eigenvalue weighted by molar-refractivity contribution is 0.794. The van der Waals surface area contributed by atoms with E-state index in [0.717, 1.165) is 17.1 Å². The molecule has 0 saturated carbocycles. The zero-order valence-electron chi connectivity index (χ0n) is 33.1. The normalized spacial score (nSPS) is 15.0. The Morgan fingerprint density at radius 1 is 0.311 bits per heavy atom. The van der Waals surface area contributed by atoms with E-state index < -0.39 is 5.41 Å². The summed E-state index contributed by atoms with van der Waals surface area (Å²) in [5, 5.41) is 5.30. The van der Waals surface area contributed by atoms with E-state index >= 15 is 0 Å². The van der Waals surface area contributed by atoms with Gasteiger partial charge in [-0.2, -0.15) is 0 Å². The van der Waals surface area contributed by atoms with Crippen LogP contribution in [0.5, 0.6) is 0 Å². The molecule has 10 aromatic carbocycles. The van der Waals surface area contributed by atoms with E-state index in [-0.39, 0.29) is 0 Å². The molecule has 14 rings (SSSR count). The van der Waals surface area contributed by atoms with Gasteiger partial charge in [0, 0.05) is 37.2 Å². The van der Waals surface area contributed by atoms with Gasteiger partial charge < -0.3 is 4.90 Å². The third-order valence-electron chi connectivity index (χ3n) is 13.8. The molecule has 1 nitrogen and oxygen atoms in total. The second-order valence-electron chi connectivity index (χ2n) is 16.7. The van der Waals surface area contributed by atoms with Crippen LogP contribution in [0, 0.1) is 0 Å². The topological polar surface area (TPSA) is 3.24 Å². The molecule has 1 aromatic heterocycles. The van der Waals surface area contributed by atoms with E-state index in [2.05, 4.69) is 217 Å². The molecule has 3 aliphatic carbocycles. The smallest absolute Gasteiger partial charge is 0.0726 e. The molecule has 0 aliphatic heterocycles. The zero-order chi connectivity index (χ0) is 39.8. The van der Waals surface area contributed by atoms with Crippen molar-refractivity contribution in [1.82, 2.24) is 0 Å². The summed E-state index contributed by atoms with van der Waals surface area (Å²) in [6.45, 7) is 0. The van der Waals surface area contributed by atoms with Crippen LogP contribution >= 0.6 is 11.3 Å². The van der Waals surface area contributed by atoms with Crippen LogP contribution < -0.4 is 4.90 Å². The van der Waals surface area contributed by atoms with Crippen molar-refractivity contribution in [3.8, 4) is 55.6 Å². The minimum atomic E-state index is -0.511. The highest BCUT2D eigenvalue weighted by molar-refractivity contribution is 7.25. The summed E-state index contributed by atoms with van der Waals surface area (Å²) in [6, 6.07) is 79.8. The fourth-order valence-electron chi connectivity index (χ4n) is 11.4. The van der Waals surface area contributed by atoms with Crippen LogP contribution in [0.2, 0.25) is 0 Å². The van der Waals surface area contributed by atoms with Gasteiger partial charge in [0.1, 0.15) is 0 Å². The fourth-order valence-corrected chi connectivity index (χ4v) is 12.4. The lowest BCUT2D eigenvalue weighted by atomic mass is 9.70. The molecule has 0 fully saturated rings. The Morgan fingerprint density at radius 3 is 1.72 bits per heavy atom. The Kier molecular flexibility index (Phi) is 6.70. The Morgan fingerprint density at radius 2 is 0.885 bits per heavy atom. The predicted octanol–water partition coefficient (Wildman–Crippen LogP) is 16.3. The lowest BCUT2D eigenvalue weighted by Crippen LogP contribution is -2.26. The quantitative estimate of drug-likeness (QED) is 0.172. The van der Waals surface area contributed by atoms with Gasteiger partial charge in [-0.25, -0.2) is 0 Å². The molecular formula is C59H35NS. The molecular weight excluding hydrogens is 755 g/mol. The van der Waals surface area contributed by atoms with E-state index in [1.807, 2.05) is 11.3 Å². The summed E-state index contributed by atoms with van der Waals surface area (Å²) < 4.78 is 2.62. The number of hydrogen-bond acceptors (Lipinski definition) is 2. The van der Waals surface area contributed by atoms with Crippen molar-refractivity contribution in [2.75, 3.05) is 4.90 Å². The summed E-state index contributed by atoms with van der Waals surface area (Å²) in [7, 11) is 0. The van der Waals surface area contributed by atoms with Crippen molar-refractivity contribution in [1.29, 1.82) is 0 Å². The molecule has 3 aliphatic rings. The van der Waals surface area contributed by atoms with Crippen molar-refractivity contribution in [3.63, 3.8) is 0 Å². The van der Waals surface area contributed by atoms with Crippen molar-refractivity contribution < 1.29 is 0 Å². The highest BCUT2D eigenvalue weighted by atomic mass is 32.1. The van der Waals surface area contributed by atoms with E-state index in [1.165, 1.54) is 109 Å². The summed E-state index contributed by atoms with van der Waals surface area (Å²) in [5.74, 6) is 0. The van der Waals surface area contributed by atoms with E-state index in [0.29, 0.717) is 0 Å². The first-order valence-electron chi connectivity index (χ1n) is 21.2. The third kappa shape index (κ3) is 4.39. The molecule has 0 radical (unpaired) electrons. The van der Waals surface area contributed by atoms with Crippen LogP contribution in [-0.2, 0) is 5.41 Å². The van der Waals surface area contributed by atoms with Crippen molar-refractivity contribution in [2.24, 2.45) is 0 Å². The van der Waals surface area contributed by atoms with Crippen molar-refractivity contribution in [2.45, 2.75) is 5.41 Å². The third-order valence-corrected chi connectivity index (χ3v) is 15.0. The van der Waals surface area contributed by atoms with E-state index in [4.69, 9.17) is 0 Å². The zero-order valence-corrected chi connectivity index (χ0v) is 33.9. The number of thiophene rings is 1. The molecule has 1 atom stereocenters. The SMILES string of the molecule is c1ccc(-c2ccc(N(c3ccc4c(c3)C3(c5ccccc5-4)c4ccccc4-c4c3cc3c5c(cccc45)-c4ccccc4-3)c3ccc4sc5ccccc5c4c3)cc2)cc1. The number of nitrogens with zero attached hydrogens (tertiary/aromatic N) is 1. The number of fused-ring (bicyclic) bond motifs is 17. The molecule has 11 aromatic rings. The average Bonchev–Trinajstić information content (AvgIpc) is 4.04. The first-order valence-corrected chi connectivity index (χ1v) is 22.0. The van der Waals surface area contributed by atoms with Gasteiger partial charge in [0.2, 0.25) is 0 Å². The number of benzene rings is 10. The minimum absolute atomic E-state index is 0.511. The highest BCUT2D eigenvalue weighted by Crippen LogP contribution is 2.66. The van der Waals surface area contributed by atoms with Gasteiger partial charge in [0.25, 0.3) is 0 Å². The standard InChI is InChI=1S/C59H35NS/c1-2-13-36(14-3-1)37-25-27-38(28-26-37)60(39-30-32-56-49(33-39)45-18-8-11-24-55(45)61-56)40-29-31-44-43-17-6-9-22-51(43)59(53(44)34-40)52-23-10-7-19-47(52)58-48-21-12-20-46-41-15-4-5-16-42(41)50(57(46)48)35-54(58)59/h1-35H. The Labute approximate surface area is 358 Å². The van der Waals surface area contributed by atoms with Crippen LogP contribution in [0.3, 0.4) is 0 Å². The maximum atomic E-state index is 2.57. The molecule has 0 saturated heterocycles. The molecule has 282 valence electrons. The Bertz CT molecular complexity index is 3650. The Hall–Kier alpha value is -7.52.